The molecule has 1 aliphatic carbocycles. The zero-order valence-corrected chi connectivity index (χ0v) is 7.92. The molecule has 1 fully saturated rings. The zero-order chi connectivity index (χ0) is 9.26. The van der Waals surface area contributed by atoms with Crippen molar-refractivity contribution in [1.82, 2.24) is 0 Å². The summed E-state index contributed by atoms with van der Waals surface area (Å²) in [4.78, 5) is 11.1. The first-order valence-corrected chi connectivity index (χ1v) is 4.84. The van der Waals surface area contributed by atoms with Gasteiger partial charge < -0.3 is 0 Å². The number of benzene rings is 1. The molecule has 0 spiro atoms. The molecule has 1 aromatic carbocycles. The van der Waals surface area contributed by atoms with Crippen LogP contribution in [0.25, 0.3) is 0 Å². The maximum atomic E-state index is 11.1. The Balaban J connectivity index is 2.26. The molecule has 1 nitrogen and oxygen atoms in total. The summed E-state index contributed by atoms with van der Waals surface area (Å²) >= 11 is 0. The summed E-state index contributed by atoms with van der Waals surface area (Å²) in [6.07, 6.45) is 2.58. The molecule has 0 aliphatic heterocycles. The van der Waals surface area contributed by atoms with Gasteiger partial charge in [-0.2, -0.15) is 0 Å². The summed E-state index contributed by atoms with van der Waals surface area (Å²) in [6, 6.07) is 8.39. The van der Waals surface area contributed by atoms with Gasteiger partial charge in [-0.3, -0.25) is 4.79 Å². The van der Waals surface area contributed by atoms with E-state index in [-0.39, 0.29) is 0 Å². The lowest BCUT2D eigenvalue weighted by Gasteiger charge is -2.11. The van der Waals surface area contributed by atoms with Gasteiger partial charge in [0.15, 0.2) is 0 Å². The van der Waals surface area contributed by atoms with Gasteiger partial charge in [-0.15, -0.1) is 0 Å². The van der Waals surface area contributed by atoms with Crippen molar-refractivity contribution in [2.45, 2.75) is 32.1 Å². The zero-order valence-electron chi connectivity index (χ0n) is 7.92. The van der Waals surface area contributed by atoms with E-state index in [2.05, 4.69) is 31.2 Å². The fourth-order valence-electron chi connectivity index (χ4n) is 2.12. The van der Waals surface area contributed by atoms with E-state index < -0.39 is 0 Å². The van der Waals surface area contributed by atoms with Gasteiger partial charge in [-0.25, -0.2) is 0 Å². The van der Waals surface area contributed by atoms with Crippen LogP contribution >= 0.6 is 0 Å². The third-order valence-electron chi connectivity index (χ3n) is 2.87. The van der Waals surface area contributed by atoms with Gasteiger partial charge in [-0.1, -0.05) is 24.3 Å². The predicted octanol–water partition coefficient (Wildman–Crippen LogP) is 2.83. The van der Waals surface area contributed by atoms with E-state index >= 15 is 0 Å². The van der Waals surface area contributed by atoms with E-state index in [0.717, 1.165) is 19.3 Å². The fourth-order valence-corrected chi connectivity index (χ4v) is 2.12. The quantitative estimate of drug-likeness (QED) is 0.639. The number of carbonyl (C=O) groups is 1. The highest BCUT2D eigenvalue weighted by atomic mass is 16.1. The molecule has 1 heteroatoms. The molecular weight excluding hydrogens is 160 g/mol. The molecule has 2 rings (SSSR count). The maximum absolute atomic E-state index is 11.1. The number of aryl methyl sites for hydroxylation is 1. The Hall–Kier alpha value is -1.11. The first-order valence-electron chi connectivity index (χ1n) is 4.84. The van der Waals surface area contributed by atoms with Gasteiger partial charge in [0, 0.05) is 12.8 Å². The SMILES string of the molecule is Cc1ccccc1C1CCC(=O)C1. The van der Waals surface area contributed by atoms with E-state index in [9.17, 15) is 4.79 Å². The average Bonchev–Trinajstić information content (AvgIpc) is 2.53. The van der Waals surface area contributed by atoms with Crippen molar-refractivity contribution in [1.29, 1.82) is 0 Å². The van der Waals surface area contributed by atoms with Crippen molar-refractivity contribution in [3.8, 4) is 0 Å². The monoisotopic (exact) mass is 174 g/mol. The van der Waals surface area contributed by atoms with E-state index in [4.69, 9.17) is 0 Å². The van der Waals surface area contributed by atoms with E-state index in [0.29, 0.717) is 11.7 Å². The third-order valence-corrected chi connectivity index (χ3v) is 2.87. The van der Waals surface area contributed by atoms with Crippen LogP contribution < -0.4 is 0 Å². The van der Waals surface area contributed by atoms with Crippen molar-refractivity contribution in [2.24, 2.45) is 0 Å². The Bertz CT molecular complexity index is 328. The standard InChI is InChI=1S/C12H14O/c1-9-4-2-3-5-12(9)10-6-7-11(13)8-10/h2-5,10H,6-8H2,1H3. The van der Waals surface area contributed by atoms with Crippen LogP contribution in [0.4, 0.5) is 0 Å². The molecule has 68 valence electrons. The van der Waals surface area contributed by atoms with Crippen LogP contribution in [0.5, 0.6) is 0 Å². The topological polar surface area (TPSA) is 17.1 Å². The first-order chi connectivity index (χ1) is 6.27. The molecular formula is C12H14O. The smallest absolute Gasteiger partial charge is 0.133 e. The molecule has 0 amide bonds. The number of hydrogen-bond donors (Lipinski definition) is 0. The van der Waals surface area contributed by atoms with E-state index in [1.54, 1.807) is 0 Å². The summed E-state index contributed by atoms with van der Waals surface area (Å²) in [6.45, 7) is 2.12. The molecule has 0 bridgehead atoms. The molecule has 1 aromatic rings. The molecule has 1 unspecified atom stereocenters. The number of ketones is 1. The third kappa shape index (κ3) is 1.64. The highest BCUT2D eigenvalue weighted by Crippen LogP contribution is 2.33. The van der Waals surface area contributed by atoms with Gasteiger partial charge in [0.1, 0.15) is 5.78 Å². The van der Waals surface area contributed by atoms with Gasteiger partial charge >= 0.3 is 0 Å². The Morgan fingerprint density at radius 1 is 1.31 bits per heavy atom. The number of carbonyl (C=O) groups excluding carboxylic acids is 1. The summed E-state index contributed by atoms with van der Waals surface area (Å²) in [5, 5.41) is 0. The molecule has 0 N–H and O–H groups in total. The molecule has 0 saturated heterocycles. The molecule has 1 saturated carbocycles. The largest absolute Gasteiger partial charge is 0.300 e. The second-order valence-corrected chi connectivity index (χ2v) is 3.83. The van der Waals surface area contributed by atoms with Gasteiger partial charge in [0.25, 0.3) is 0 Å². The Labute approximate surface area is 78.8 Å². The molecule has 1 atom stereocenters. The molecule has 0 aromatic heterocycles. The maximum Gasteiger partial charge on any atom is 0.133 e. The second kappa shape index (κ2) is 3.33. The van der Waals surface area contributed by atoms with Crippen LogP contribution in [-0.2, 0) is 4.79 Å². The van der Waals surface area contributed by atoms with Crippen molar-refractivity contribution in [3.05, 3.63) is 35.4 Å². The van der Waals surface area contributed by atoms with Gasteiger partial charge in [0.05, 0.1) is 0 Å². The minimum Gasteiger partial charge on any atom is -0.300 e. The van der Waals surface area contributed by atoms with E-state index in [1.165, 1.54) is 11.1 Å². The summed E-state index contributed by atoms with van der Waals surface area (Å²) in [5.41, 5.74) is 2.69. The van der Waals surface area contributed by atoms with Crippen LogP contribution in [-0.4, -0.2) is 5.78 Å². The van der Waals surface area contributed by atoms with Crippen LogP contribution in [0.1, 0.15) is 36.3 Å². The minimum absolute atomic E-state index is 0.424. The van der Waals surface area contributed by atoms with Crippen molar-refractivity contribution < 1.29 is 4.79 Å². The lowest BCUT2D eigenvalue weighted by atomic mass is 9.94. The van der Waals surface area contributed by atoms with Crippen molar-refractivity contribution >= 4 is 5.78 Å². The average molecular weight is 174 g/mol. The molecule has 0 heterocycles. The lowest BCUT2D eigenvalue weighted by Crippen LogP contribution is -1.96. The molecule has 0 radical (unpaired) electrons. The van der Waals surface area contributed by atoms with E-state index in [1.807, 2.05) is 0 Å². The minimum atomic E-state index is 0.424. The second-order valence-electron chi connectivity index (χ2n) is 3.83. The highest BCUT2D eigenvalue weighted by Gasteiger charge is 2.24. The van der Waals surface area contributed by atoms with Gasteiger partial charge in [0.2, 0.25) is 0 Å². The molecule has 13 heavy (non-hydrogen) atoms. The number of rotatable bonds is 1. The van der Waals surface area contributed by atoms with Crippen LogP contribution in [0.2, 0.25) is 0 Å². The van der Waals surface area contributed by atoms with Crippen LogP contribution in [0.15, 0.2) is 24.3 Å². The van der Waals surface area contributed by atoms with Crippen LogP contribution in [0.3, 0.4) is 0 Å². The van der Waals surface area contributed by atoms with Crippen molar-refractivity contribution in [2.75, 3.05) is 0 Å². The first kappa shape index (κ1) is 8.49. The summed E-state index contributed by atoms with van der Waals surface area (Å²) in [5.74, 6) is 0.918. The summed E-state index contributed by atoms with van der Waals surface area (Å²) < 4.78 is 0. The highest BCUT2D eigenvalue weighted by molar-refractivity contribution is 5.81. The number of Topliss-reactive ketones (excluding diaryl/α,β-unsaturated/α-hetero) is 1. The fraction of sp³-hybridized carbons (Fsp3) is 0.417. The van der Waals surface area contributed by atoms with Crippen LogP contribution in [0, 0.1) is 6.92 Å². The van der Waals surface area contributed by atoms with Crippen molar-refractivity contribution in [3.63, 3.8) is 0 Å². The Kier molecular flexibility index (Phi) is 2.17. The predicted molar refractivity (Wildman–Crippen MR) is 52.8 cm³/mol. The Morgan fingerprint density at radius 2 is 2.08 bits per heavy atom. The normalized spacial score (nSPS) is 22.2. The Morgan fingerprint density at radius 3 is 2.69 bits per heavy atom. The lowest BCUT2D eigenvalue weighted by molar-refractivity contribution is -0.117. The van der Waals surface area contributed by atoms with Gasteiger partial charge in [-0.05, 0) is 30.4 Å². The summed E-state index contributed by atoms with van der Waals surface area (Å²) in [7, 11) is 0. The number of hydrogen-bond acceptors (Lipinski definition) is 1. The molecule has 1 aliphatic rings.